The molecule has 0 saturated heterocycles. The van der Waals surface area contributed by atoms with Crippen molar-refractivity contribution in [3.8, 4) is 0 Å². The number of rotatable bonds is 6. The lowest BCUT2D eigenvalue weighted by atomic mass is 10.2. The Hall–Kier alpha value is -2.70. The Labute approximate surface area is 146 Å². The molecule has 0 aliphatic rings. The fourth-order valence-electron chi connectivity index (χ4n) is 2.49. The maximum Gasteiger partial charge on any atom is 0.338 e. The van der Waals surface area contributed by atoms with Crippen molar-refractivity contribution in [2.75, 3.05) is 6.54 Å². The third-order valence-corrected chi connectivity index (χ3v) is 3.86. The highest BCUT2D eigenvalue weighted by Crippen LogP contribution is 2.15. The number of carbonyl (C=O) groups excluding carboxylic acids is 2. The summed E-state index contributed by atoms with van der Waals surface area (Å²) < 4.78 is 6.81. The van der Waals surface area contributed by atoms with E-state index in [4.69, 9.17) is 4.74 Å². The summed E-state index contributed by atoms with van der Waals surface area (Å²) in [5.74, 6) is -0.931. The van der Waals surface area contributed by atoms with Crippen LogP contribution in [0.4, 0.5) is 0 Å². The first-order valence-corrected chi connectivity index (χ1v) is 8.38. The number of esters is 1. The number of fused-ring (bicyclic) bond motifs is 1. The lowest BCUT2D eigenvalue weighted by Gasteiger charge is -2.14. The molecule has 1 atom stereocenters. The molecule has 1 aromatic heterocycles. The lowest BCUT2D eigenvalue weighted by molar-refractivity contribution is -0.129. The summed E-state index contributed by atoms with van der Waals surface area (Å²) in [6.07, 6.45) is -0.0737. The quantitative estimate of drug-likeness (QED) is 0.806. The van der Waals surface area contributed by atoms with Gasteiger partial charge in [-0.2, -0.15) is 0 Å². The third-order valence-electron chi connectivity index (χ3n) is 3.86. The maximum atomic E-state index is 12.3. The SMILES string of the molecule is CCCNC(=O)[C@@H](C)OC(=O)c1ccc2c(c1)nc(C)c(=O)n2CC. The fourth-order valence-corrected chi connectivity index (χ4v) is 2.49. The third kappa shape index (κ3) is 4.04. The van der Waals surface area contributed by atoms with Crippen molar-refractivity contribution >= 4 is 22.9 Å². The molecule has 0 bridgehead atoms. The summed E-state index contributed by atoms with van der Waals surface area (Å²) in [6.45, 7) is 8.03. The van der Waals surface area contributed by atoms with Crippen LogP contribution >= 0.6 is 0 Å². The van der Waals surface area contributed by atoms with Crippen LogP contribution in [0.25, 0.3) is 11.0 Å². The van der Waals surface area contributed by atoms with E-state index in [1.54, 1.807) is 29.7 Å². The molecule has 134 valence electrons. The van der Waals surface area contributed by atoms with E-state index in [0.717, 1.165) is 6.42 Å². The van der Waals surface area contributed by atoms with E-state index in [1.807, 2.05) is 13.8 Å². The summed E-state index contributed by atoms with van der Waals surface area (Å²) in [5.41, 5.74) is 1.70. The van der Waals surface area contributed by atoms with Crippen LogP contribution in [0.5, 0.6) is 0 Å². The molecule has 0 spiro atoms. The molecule has 0 fully saturated rings. The number of aromatic nitrogens is 2. The predicted octanol–water partition coefficient (Wildman–Crippen LogP) is 1.80. The van der Waals surface area contributed by atoms with Crippen LogP contribution in [0.2, 0.25) is 0 Å². The molecule has 0 aliphatic carbocycles. The molecule has 7 nitrogen and oxygen atoms in total. The van der Waals surface area contributed by atoms with Gasteiger partial charge in [0.15, 0.2) is 6.10 Å². The number of benzene rings is 1. The standard InChI is InChI=1S/C18H23N3O4/c1-5-9-19-16(22)12(4)25-18(24)13-7-8-15-14(10-13)20-11(3)17(23)21(15)6-2/h7-8,10,12H,5-6,9H2,1-4H3,(H,19,22)/t12-/m1/s1. The van der Waals surface area contributed by atoms with Gasteiger partial charge in [0, 0.05) is 13.1 Å². The van der Waals surface area contributed by atoms with Gasteiger partial charge in [-0.25, -0.2) is 9.78 Å². The van der Waals surface area contributed by atoms with E-state index in [2.05, 4.69) is 10.3 Å². The van der Waals surface area contributed by atoms with Gasteiger partial charge in [0.1, 0.15) is 5.69 Å². The van der Waals surface area contributed by atoms with Crippen molar-refractivity contribution in [3.05, 3.63) is 39.8 Å². The maximum absolute atomic E-state index is 12.3. The molecular formula is C18H23N3O4. The second-order valence-corrected chi connectivity index (χ2v) is 5.79. The van der Waals surface area contributed by atoms with E-state index in [0.29, 0.717) is 29.8 Å². The number of carbonyl (C=O) groups is 2. The van der Waals surface area contributed by atoms with E-state index in [1.165, 1.54) is 6.92 Å². The Morgan fingerprint density at radius 3 is 2.68 bits per heavy atom. The van der Waals surface area contributed by atoms with Crippen molar-refractivity contribution in [1.29, 1.82) is 0 Å². The molecule has 1 aromatic carbocycles. The normalized spacial score (nSPS) is 12.0. The second-order valence-electron chi connectivity index (χ2n) is 5.79. The summed E-state index contributed by atoms with van der Waals surface area (Å²) in [6, 6.07) is 4.82. The highest BCUT2D eigenvalue weighted by atomic mass is 16.5. The minimum Gasteiger partial charge on any atom is -0.449 e. The molecule has 2 aromatic rings. The Balaban J connectivity index is 2.26. The highest BCUT2D eigenvalue weighted by molar-refractivity contribution is 5.95. The van der Waals surface area contributed by atoms with Crippen molar-refractivity contribution in [3.63, 3.8) is 0 Å². The van der Waals surface area contributed by atoms with Crippen LogP contribution in [0, 0.1) is 6.92 Å². The van der Waals surface area contributed by atoms with E-state index in [-0.39, 0.29) is 17.0 Å². The second kappa shape index (κ2) is 7.92. The Morgan fingerprint density at radius 1 is 1.32 bits per heavy atom. The number of aryl methyl sites for hydroxylation is 2. The highest BCUT2D eigenvalue weighted by Gasteiger charge is 2.19. The molecule has 0 aliphatic heterocycles. The minimum atomic E-state index is -0.881. The largest absolute Gasteiger partial charge is 0.449 e. The predicted molar refractivity (Wildman–Crippen MR) is 94.6 cm³/mol. The number of nitrogens with zero attached hydrogens (tertiary/aromatic N) is 2. The molecule has 7 heteroatoms. The van der Waals surface area contributed by atoms with Gasteiger partial charge in [-0.15, -0.1) is 0 Å². The Kier molecular flexibility index (Phi) is 5.90. The number of amides is 1. The molecule has 2 rings (SSSR count). The fraction of sp³-hybridized carbons (Fsp3) is 0.444. The van der Waals surface area contributed by atoms with Gasteiger partial charge < -0.3 is 14.6 Å². The first-order chi connectivity index (χ1) is 11.9. The number of nitrogens with one attached hydrogen (secondary N) is 1. The zero-order chi connectivity index (χ0) is 18.6. The summed E-state index contributed by atoms with van der Waals surface area (Å²) in [4.78, 5) is 40.5. The van der Waals surface area contributed by atoms with Crippen LogP contribution in [0.3, 0.4) is 0 Å². The van der Waals surface area contributed by atoms with Gasteiger partial charge in [-0.05, 0) is 45.4 Å². The molecule has 1 N–H and O–H groups in total. The van der Waals surface area contributed by atoms with Crippen LogP contribution in [0.15, 0.2) is 23.0 Å². The number of hydrogen-bond donors (Lipinski definition) is 1. The average molecular weight is 345 g/mol. The lowest BCUT2D eigenvalue weighted by Crippen LogP contribution is -2.36. The van der Waals surface area contributed by atoms with E-state index < -0.39 is 12.1 Å². The molecule has 0 radical (unpaired) electrons. The molecule has 25 heavy (non-hydrogen) atoms. The van der Waals surface area contributed by atoms with Gasteiger partial charge in [0.25, 0.3) is 11.5 Å². The van der Waals surface area contributed by atoms with Crippen LogP contribution in [-0.2, 0) is 16.1 Å². The molecular weight excluding hydrogens is 322 g/mol. The van der Waals surface area contributed by atoms with Crippen molar-refractivity contribution < 1.29 is 14.3 Å². The van der Waals surface area contributed by atoms with Crippen LogP contribution in [-0.4, -0.2) is 34.1 Å². The monoisotopic (exact) mass is 345 g/mol. The van der Waals surface area contributed by atoms with Crippen LogP contribution < -0.4 is 10.9 Å². The first kappa shape index (κ1) is 18.6. The van der Waals surface area contributed by atoms with Gasteiger partial charge in [0.2, 0.25) is 0 Å². The topological polar surface area (TPSA) is 90.3 Å². The zero-order valence-corrected chi connectivity index (χ0v) is 15.0. The van der Waals surface area contributed by atoms with Crippen LogP contribution in [0.1, 0.15) is 43.2 Å². The Morgan fingerprint density at radius 2 is 2.04 bits per heavy atom. The van der Waals surface area contributed by atoms with Gasteiger partial charge >= 0.3 is 5.97 Å². The van der Waals surface area contributed by atoms with Gasteiger partial charge in [-0.3, -0.25) is 9.59 Å². The zero-order valence-electron chi connectivity index (χ0n) is 15.0. The molecule has 1 heterocycles. The van der Waals surface area contributed by atoms with Gasteiger partial charge in [-0.1, -0.05) is 6.92 Å². The molecule has 1 amide bonds. The van der Waals surface area contributed by atoms with Crippen molar-refractivity contribution in [2.24, 2.45) is 0 Å². The average Bonchev–Trinajstić information content (AvgIpc) is 2.60. The molecule has 0 saturated carbocycles. The van der Waals surface area contributed by atoms with E-state index in [9.17, 15) is 14.4 Å². The van der Waals surface area contributed by atoms with E-state index >= 15 is 0 Å². The Bertz CT molecular complexity index is 857. The summed E-state index contributed by atoms with van der Waals surface area (Å²) in [7, 11) is 0. The van der Waals surface area contributed by atoms with Crippen molar-refractivity contribution in [1.82, 2.24) is 14.9 Å². The van der Waals surface area contributed by atoms with Crippen molar-refractivity contribution in [2.45, 2.75) is 46.8 Å². The summed E-state index contributed by atoms with van der Waals surface area (Å²) >= 11 is 0. The smallest absolute Gasteiger partial charge is 0.338 e. The summed E-state index contributed by atoms with van der Waals surface area (Å²) in [5, 5.41) is 2.68. The minimum absolute atomic E-state index is 0.147. The number of hydrogen-bond acceptors (Lipinski definition) is 5. The first-order valence-electron chi connectivity index (χ1n) is 8.38. The van der Waals surface area contributed by atoms with Gasteiger partial charge in [0.05, 0.1) is 16.6 Å². The number of ether oxygens (including phenoxy) is 1. The molecule has 0 unspecified atom stereocenters.